The molecular weight excluding hydrogens is 330 g/mol. The zero-order valence-corrected chi connectivity index (χ0v) is 14.7. The molecule has 0 aliphatic heterocycles. The van der Waals surface area contributed by atoms with E-state index >= 15 is 0 Å². The average Bonchev–Trinajstić information content (AvgIpc) is 2.59. The van der Waals surface area contributed by atoms with Gasteiger partial charge in [0.1, 0.15) is 0 Å². The van der Waals surface area contributed by atoms with Crippen LogP contribution in [0.1, 0.15) is 38.2 Å². The van der Waals surface area contributed by atoms with Crippen LogP contribution in [0.3, 0.4) is 0 Å². The van der Waals surface area contributed by atoms with E-state index in [1.54, 1.807) is 0 Å². The predicted molar refractivity (Wildman–Crippen MR) is 92.8 cm³/mol. The fourth-order valence-electron chi connectivity index (χ4n) is 3.34. The molecule has 1 aliphatic rings. The van der Waals surface area contributed by atoms with Crippen molar-refractivity contribution in [3.05, 3.63) is 35.9 Å². The van der Waals surface area contributed by atoms with Gasteiger partial charge in [0, 0.05) is 12.6 Å². The van der Waals surface area contributed by atoms with Crippen molar-refractivity contribution in [1.29, 1.82) is 0 Å². The summed E-state index contributed by atoms with van der Waals surface area (Å²) in [4.78, 5) is 13.6. The molecule has 0 bridgehead atoms. The number of aliphatic carboxylic acids is 1. The second-order valence-electron chi connectivity index (χ2n) is 6.22. The summed E-state index contributed by atoms with van der Waals surface area (Å²) in [7, 11) is 0. The quantitative estimate of drug-likeness (QED) is 0.665. The van der Waals surface area contributed by atoms with Gasteiger partial charge in [0.25, 0.3) is 0 Å². The molecule has 134 valence electrons. The van der Waals surface area contributed by atoms with Crippen molar-refractivity contribution in [3.63, 3.8) is 0 Å². The van der Waals surface area contributed by atoms with Crippen LogP contribution >= 0.6 is 11.8 Å². The number of carboxylic acid groups (broad SMARTS) is 1. The predicted octanol–water partition coefficient (Wildman–Crippen LogP) is 3.36. The fraction of sp³-hybridized carbons (Fsp3) is 0.611. The van der Waals surface area contributed by atoms with Gasteiger partial charge in [0.15, 0.2) is 0 Å². The Bertz CT molecular complexity index is 499. The van der Waals surface area contributed by atoms with Crippen molar-refractivity contribution in [2.45, 2.75) is 57.5 Å². The van der Waals surface area contributed by atoms with Gasteiger partial charge >= 0.3 is 5.97 Å². The van der Waals surface area contributed by atoms with E-state index in [4.69, 9.17) is 26.4 Å². The van der Waals surface area contributed by atoms with Crippen molar-refractivity contribution in [2.24, 2.45) is 5.92 Å². The van der Waals surface area contributed by atoms with Crippen LogP contribution in [0, 0.1) is 5.92 Å². The highest BCUT2D eigenvalue weighted by Gasteiger charge is 2.36. The molecule has 0 spiro atoms. The monoisotopic (exact) mass is 355 g/mol. The summed E-state index contributed by atoms with van der Waals surface area (Å²) < 4.78 is 12.0. The van der Waals surface area contributed by atoms with Gasteiger partial charge in [-0.05, 0) is 49.4 Å². The van der Waals surface area contributed by atoms with Gasteiger partial charge in [-0.3, -0.25) is 4.79 Å². The molecule has 1 fully saturated rings. The molecule has 1 saturated carbocycles. The molecule has 6 heteroatoms. The average molecular weight is 356 g/mol. The highest BCUT2D eigenvalue weighted by molar-refractivity contribution is 6.13. The molecule has 1 aromatic rings. The van der Waals surface area contributed by atoms with Crippen LogP contribution in [0.15, 0.2) is 30.3 Å². The second-order valence-corrected chi connectivity index (χ2v) is 6.43. The SMILES string of the molecule is CCOC1CC(C(CC(=O)O)NCl)CCC1OCc1ccccc1. The maximum Gasteiger partial charge on any atom is 0.304 e. The van der Waals surface area contributed by atoms with E-state index in [-0.39, 0.29) is 30.6 Å². The van der Waals surface area contributed by atoms with E-state index in [0.717, 1.165) is 24.8 Å². The summed E-state index contributed by atoms with van der Waals surface area (Å²) in [6.45, 7) is 3.14. The zero-order chi connectivity index (χ0) is 17.4. The maximum absolute atomic E-state index is 11.0. The minimum atomic E-state index is -0.844. The number of halogens is 1. The maximum atomic E-state index is 11.0. The van der Waals surface area contributed by atoms with Crippen molar-refractivity contribution in [3.8, 4) is 0 Å². The lowest BCUT2D eigenvalue weighted by molar-refractivity contribution is -0.138. The number of rotatable bonds is 9. The first kappa shape index (κ1) is 19.2. The van der Waals surface area contributed by atoms with Gasteiger partial charge in [-0.2, -0.15) is 0 Å². The second kappa shape index (κ2) is 9.99. The highest BCUT2D eigenvalue weighted by Crippen LogP contribution is 2.32. The summed E-state index contributed by atoms with van der Waals surface area (Å²) in [5.41, 5.74) is 1.14. The first-order valence-electron chi connectivity index (χ1n) is 8.49. The number of carbonyl (C=O) groups is 1. The summed E-state index contributed by atoms with van der Waals surface area (Å²) in [5, 5.41) is 9.02. The van der Waals surface area contributed by atoms with Gasteiger partial charge < -0.3 is 14.6 Å². The van der Waals surface area contributed by atoms with Crippen LogP contribution in [0.25, 0.3) is 0 Å². The number of benzene rings is 1. The Hall–Kier alpha value is -1.14. The largest absolute Gasteiger partial charge is 0.481 e. The lowest BCUT2D eigenvalue weighted by Crippen LogP contribution is -2.44. The number of nitrogens with one attached hydrogen (secondary N) is 1. The van der Waals surface area contributed by atoms with Crippen LogP contribution in [0.5, 0.6) is 0 Å². The van der Waals surface area contributed by atoms with E-state index in [9.17, 15) is 4.79 Å². The Morgan fingerprint density at radius 1 is 1.29 bits per heavy atom. The minimum Gasteiger partial charge on any atom is -0.481 e. The van der Waals surface area contributed by atoms with Gasteiger partial charge in [-0.1, -0.05) is 30.3 Å². The Kier molecular flexibility index (Phi) is 7.99. The molecule has 1 aromatic carbocycles. The summed E-state index contributed by atoms with van der Waals surface area (Å²) in [6.07, 6.45) is 2.49. The Morgan fingerprint density at radius 3 is 2.67 bits per heavy atom. The number of hydrogen-bond acceptors (Lipinski definition) is 4. The van der Waals surface area contributed by atoms with Gasteiger partial charge in [-0.25, -0.2) is 4.84 Å². The standard InChI is InChI=1S/C18H26ClNO4/c1-2-23-17-10-14(15(20-19)11-18(21)22)8-9-16(17)24-12-13-6-4-3-5-7-13/h3-7,14-17,20H,2,8-12H2,1H3,(H,21,22). The van der Waals surface area contributed by atoms with Crippen molar-refractivity contribution >= 4 is 17.7 Å². The third-order valence-corrected chi connectivity index (χ3v) is 4.84. The van der Waals surface area contributed by atoms with Crippen LogP contribution in [0.4, 0.5) is 0 Å². The molecule has 4 unspecified atom stereocenters. The summed E-state index contributed by atoms with van der Waals surface area (Å²) in [5.74, 6) is -0.671. The molecule has 0 radical (unpaired) electrons. The van der Waals surface area contributed by atoms with Crippen molar-refractivity contribution in [2.75, 3.05) is 6.61 Å². The van der Waals surface area contributed by atoms with Crippen LogP contribution in [-0.4, -0.2) is 35.9 Å². The third-order valence-electron chi connectivity index (χ3n) is 4.56. The first-order chi connectivity index (χ1) is 11.6. The Labute approximate surface area is 148 Å². The molecule has 0 heterocycles. The first-order valence-corrected chi connectivity index (χ1v) is 8.86. The lowest BCUT2D eigenvalue weighted by atomic mass is 9.80. The zero-order valence-electron chi connectivity index (χ0n) is 14.0. The Balaban J connectivity index is 1.93. The van der Waals surface area contributed by atoms with Crippen LogP contribution in [-0.2, 0) is 20.9 Å². The lowest BCUT2D eigenvalue weighted by Gasteiger charge is -2.38. The molecule has 0 aromatic heterocycles. The van der Waals surface area contributed by atoms with Crippen molar-refractivity contribution in [1.82, 2.24) is 4.84 Å². The molecule has 5 nitrogen and oxygen atoms in total. The van der Waals surface area contributed by atoms with E-state index in [0.29, 0.717) is 13.2 Å². The third kappa shape index (κ3) is 5.74. The van der Waals surface area contributed by atoms with Gasteiger partial charge in [0.05, 0.1) is 25.2 Å². The number of carboxylic acids is 1. The fourth-order valence-corrected chi connectivity index (χ4v) is 3.59. The van der Waals surface area contributed by atoms with Crippen LogP contribution in [0.2, 0.25) is 0 Å². The molecule has 0 saturated heterocycles. The van der Waals surface area contributed by atoms with E-state index in [2.05, 4.69) is 4.84 Å². The molecule has 2 rings (SSSR count). The van der Waals surface area contributed by atoms with Gasteiger partial charge in [0.2, 0.25) is 0 Å². The van der Waals surface area contributed by atoms with E-state index in [1.165, 1.54) is 0 Å². The van der Waals surface area contributed by atoms with E-state index in [1.807, 2.05) is 37.3 Å². The molecule has 2 N–H and O–H groups in total. The molecule has 4 atom stereocenters. The molecule has 0 amide bonds. The topological polar surface area (TPSA) is 67.8 Å². The van der Waals surface area contributed by atoms with Gasteiger partial charge in [-0.15, -0.1) is 0 Å². The highest BCUT2D eigenvalue weighted by atomic mass is 35.5. The smallest absolute Gasteiger partial charge is 0.304 e. The molecule has 24 heavy (non-hydrogen) atoms. The minimum absolute atomic E-state index is 0.0164. The number of hydrogen-bond donors (Lipinski definition) is 2. The molecule has 1 aliphatic carbocycles. The van der Waals surface area contributed by atoms with Crippen molar-refractivity contribution < 1.29 is 19.4 Å². The van der Waals surface area contributed by atoms with E-state index < -0.39 is 5.97 Å². The summed E-state index contributed by atoms with van der Waals surface area (Å²) >= 11 is 5.76. The normalized spacial score (nSPS) is 25.3. The van der Waals surface area contributed by atoms with Crippen LogP contribution < -0.4 is 4.84 Å². The summed E-state index contributed by atoms with van der Waals surface area (Å²) in [6, 6.07) is 9.82. The Morgan fingerprint density at radius 2 is 2.04 bits per heavy atom. The molecular formula is C18H26ClNO4. The number of ether oxygens (including phenoxy) is 2.